The zero-order chi connectivity index (χ0) is 22.2. The third-order valence-electron chi connectivity index (χ3n) is 5.40. The van der Waals surface area contributed by atoms with Crippen molar-refractivity contribution in [1.29, 1.82) is 0 Å². The van der Waals surface area contributed by atoms with Gasteiger partial charge < -0.3 is 15.0 Å². The Hall–Kier alpha value is -3.03. The van der Waals surface area contributed by atoms with E-state index in [1.165, 1.54) is 0 Å². The van der Waals surface area contributed by atoms with Crippen LogP contribution in [0, 0.1) is 0 Å². The zero-order valence-corrected chi connectivity index (χ0v) is 19.1. The number of methoxy groups -OCH3 is 1. The predicted molar refractivity (Wildman–Crippen MR) is 131 cm³/mol. The third-order valence-corrected chi connectivity index (χ3v) is 6.42. The number of piperazine rings is 1. The van der Waals surface area contributed by atoms with Crippen LogP contribution in [0.1, 0.15) is 5.56 Å². The number of hydrogen-bond donors (Lipinski definition) is 1. The normalized spacial score (nSPS) is 14.2. The van der Waals surface area contributed by atoms with Gasteiger partial charge in [-0.15, -0.1) is 11.8 Å². The highest BCUT2D eigenvalue weighted by Gasteiger charge is 2.21. The van der Waals surface area contributed by atoms with Crippen LogP contribution in [0.3, 0.4) is 0 Å². The summed E-state index contributed by atoms with van der Waals surface area (Å²) in [5.74, 6) is 1.72. The Labute approximate surface area is 193 Å². The van der Waals surface area contributed by atoms with E-state index in [1.807, 2.05) is 54.6 Å². The summed E-state index contributed by atoms with van der Waals surface area (Å²) in [6.45, 7) is 3.81. The molecule has 1 amide bonds. The fourth-order valence-electron chi connectivity index (χ4n) is 3.77. The first-order valence-corrected chi connectivity index (χ1v) is 11.7. The van der Waals surface area contributed by atoms with Crippen LogP contribution in [0.2, 0.25) is 0 Å². The van der Waals surface area contributed by atoms with Crippen molar-refractivity contribution in [3.05, 3.63) is 78.5 Å². The zero-order valence-electron chi connectivity index (χ0n) is 18.2. The van der Waals surface area contributed by atoms with E-state index in [2.05, 4.69) is 32.2 Å². The number of rotatable bonds is 8. The minimum Gasteiger partial charge on any atom is -0.495 e. The van der Waals surface area contributed by atoms with Crippen LogP contribution in [0.4, 0.5) is 11.4 Å². The molecule has 1 saturated heterocycles. The molecule has 0 bridgehead atoms. The molecule has 0 radical (unpaired) electrons. The standard InChI is InChI=1S/C25H28N4O2S/c1-31-23-10-3-2-9-22(23)29-15-13-28(14-16-29)18-24(30)27-21-8-6-7-20(17-21)19-32-25-11-4-5-12-26-25/h2-12,17H,13-16,18-19H2,1H3,(H,27,30). The Morgan fingerprint density at radius 1 is 1.03 bits per heavy atom. The SMILES string of the molecule is COc1ccccc1N1CCN(CC(=O)Nc2cccc(CSc3ccccn3)c2)CC1. The predicted octanol–water partition coefficient (Wildman–Crippen LogP) is 4.14. The largest absolute Gasteiger partial charge is 0.495 e. The molecule has 1 aliphatic rings. The summed E-state index contributed by atoms with van der Waals surface area (Å²) in [5, 5.41) is 4.04. The lowest BCUT2D eigenvalue weighted by atomic mass is 10.2. The molecule has 1 aromatic heterocycles. The minimum atomic E-state index is 0.0188. The molecule has 0 spiro atoms. The summed E-state index contributed by atoms with van der Waals surface area (Å²) in [5.41, 5.74) is 3.10. The molecule has 1 aliphatic heterocycles. The minimum absolute atomic E-state index is 0.0188. The molecule has 166 valence electrons. The first-order valence-electron chi connectivity index (χ1n) is 10.7. The fourth-order valence-corrected chi connectivity index (χ4v) is 4.57. The third kappa shape index (κ3) is 6.02. The number of thioether (sulfide) groups is 1. The van der Waals surface area contributed by atoms with Gasteiger partial charge in [0.2, 0.25) is 5.91 Å². The van der Waals surface area contributed by atoms with Gasteiger partial charge in [0.25, 0.3) is 0 Å². The molecule has 32 heavy (non-hydrogen) atoms. The molecule has 1 fully saturated rings. The van der Waals surface area contributed by atoms with Gasteiger partial charge in [0.15, 0.2) is 0 Å². The monoisotopic (exact) mass is 448 g/mol. The van der Waals surface area contributed by atoms with Crippen LogP contribution >= 0.6 is 11.8 Å². The van der Waals surface area contributed by atoms with Crippen LogP contribution in [-0.2, 0) is 10.5 Å². The van der Waals surface area contributed by atoms with Gasteiger partial charge >= 0.3 is 0 Å². The second-order valence-electron chi connectivity index (χ2n) is 7.64. The van der Waals surface area contributed by atoms with Crippen molar-refractivity contribution in [2.75, 3.05) is 50.1 Å². The number of ether oxygens (including phenoxy) is 1. The molecule has 0 unspecified atom stereocenters. The summed E-state index contributed by atoms with van der Waals surface area (Å²) in [7, 11) is 1.70. The number of anilines is 2. The van der Waals surface area contributed by atoms with Crippen molar-refractivity contribution < 1.29 is 9.53 Å². The number of carbonyl (C=O) groups is 1. The Kier molecular flexibility index (Phi) is 7.64. The van der Waals surface area contributed by atoms with Gasteiger partial charge in [-0.25, -0.2) is 4.98 Å². The number of aromatic nitrogens is 1. The Morgan fingerprint density at radius 3 is 2.62 bits per heavy atom. The van der Waals surface area contributed by atoms with Crippen LogP contribution in [0.5, 0.6) is 5.75 Å². The van der Waals surface area contributed by atoms with Crippen molar-refractivity contribution >= 4 is 29.0 Å². The van der Waals surface area contributed by atoms with Gasteiger partial charge in [-0.2, -0.15) is 0 Å². The number of pyridine rings is 1. The van der Waals surface area contributed by atoms with Crippen molar-refractivity contribution in [3.8, 4) is 5.75 Å². The number of carbonyl (C=O) groups excluding carboxylic acids is 1. The van der Waals surface area contributed by atoms with E-state index in [0.717, 1.165) is 59.6 Å². The summed E-state index contributed by atoms with van der Waals surface area (Å²) >= 11 is 1.68. The van der Waals surface area contributed by atoms with Crippen molar-refractivity contribution in [3.63, 3.8) is 0 Å². The number of nitrogens with one attached hydrogen (secondary N) is 1. The lowest BCUT2D eigenvalue weighted by molar-refractivity contribution is -0.117. The van der Waals surface area contributed by atoms with Gasteiger partial charge in [-0.3, -0.25) is 9.69 Å². The van der Waals surface area contributed by atoms with Gasteiger partial charge in [0, 0.05) is 43.8 Å². The first-order chi connectivity index (χ1) is 15.7. The highest BCUT2D eigenvalue weighted by Crippen LogP contribution is 2.28. The van der Waals surface area contributed by atoms with Gasteiger partial charge in [-0.05, 0) is 42.0 Å². The van der Waals surface area contributed by atoms with E-state index in [4.69, 9.17) is 4.74 Å². The molecule has 4 rings (SSSR count). The van der Waals surface area contributed by atoms with E-state index < -0.39 is 0 Å². The molecular formula is C25H28N4O2S. The topological polar surface area (TPSA) is 57.7 Å². The van der Waals surface area contributed by atoms with Gasteiger partial charge in [-0.1, -0.05) is 30.3 Å². The van der Waals surface area contributed by atoms with E-state index >= 15 is 0 Å². The number of hydrogen-bond acceptors (Lipinski definition) is 6. The summed E-state index contributed by atoms with van der Waals surface area (Å²) < 4.78 is 5.48. The Bertz CT molecular complexity index is 1020. The van der Waals surface area contributed by atoms with Crippen LogP contribution in [-0.4, -0.2) is 55.6 Å². The second-order valence-corrected chi connectivity index (χ2v) is 8.64. The van der Waals surface area contributed by atoms with Crippen molar-refractivity contribution in [2.24, 2.45) is 0 Å². The van der Waals surface area contributed by atoms with E-state index in [0.29, 0.717) is 6.54 Å². The average molecular weight is 449 g/mol. The fraction of sp³-hybridized carbons (Fsp3) is 0.280. The first kappa shape index (κ1) is 22.2. The second kappa shape index (κ2) is 11.0. The van der Waals surface area contributed by atoms with Crippen LogP contribution in [0.15, 0.2) is 78.0 Å². The summed E-state index contributed by atoms with van der Waals surface area (Å²) in [6, 6.07) is 22.0. The lowest BCUT2D eigenvalue weighted by Gasteiger charge is -2.36. The lowest BCUT2D eigenvalue weighted by Crippen LogP contribution is -2.48. The van der Waals surface area contributed by atoms with E-state index in [9.17, 15) is 4.79 Å². The van der Waals surface area contributed by atoms with Crippen LogP contribution in [0.25, 0.3) is 0 Å². The molecule has 7 heteroatoms. The molecule has 2 heterocycles. The smallest absolute Gasteiger partial charge is 0.238 e. The molecule has 0 saturated carbocycles. The Morgan fingerprint density at radius 2 is 1.84 bits per heavy atom. The number of nitrogens with zero attached hydrogens (tertiary/aromatic N) is 3. The molecule has 3 aromatic rings. The van der Waals surface area contributed by atoms with Crippen LogP contribution < -0.4 is 15.0 Å². The Balaban J connectivity index is 1.25. The highest BCUT2D eigenvalue weighted by atomic mass is 32.2. The molecule has 6 nitrogen and oxygen atoms in total. The number of amides is 1. The molecular weight excluding hydrogens is 420 g/mol. The molecule has 0 atom stereocenters. The van der Waals surface area contributed by atoms with Gasteiger partial charge in [0.1, 0.15) is 5.75 Å². The number of para-hydroxylation sites is 2. The molecule has 2 aromatic carbocycles. The van der Waals surface area contributed by atoms with Crippen molar-refractivity contribution in [2.45, 2.75) is 10.8 Å². The van der Waals surface area contributed by atoms with Crippen molar-refractivity contribution in [1.82, 2.24) is 9.88 Å². The maximum absolute atomic E-state index is 12.6. The van der Waals surface area contributed by atoms with E-state index in [-0.39, 0.29) is 5.91 Å². The maximum Gasteiger partial charge on any atom is 0.238 e. The average Bonchev–Trinajstić information content (AvgIpc) is 2.84. The van der Waals surface area contributed by atoms with Gasteiger partial charge in [0.05, 0.1) is 24.4 Å². The summed E-state index contributed by atoms with van der Waals surface area (Å²) in [6.07, 6.45) is 1.80. The molecule has 0 aliphatic carbocycles. The highest BCUT2D eigenvalue weighted by molar-refractivity contribution is 7.98. The maximum atomic E-state index is 12.6. The summed E-state index contributed by atoms with van der Waals surface area (Å²) in [4.78, 5) is 21.5. The number of benzene rings is 2. The molecule has 1 N–H and O–H groups in total. The van der Waals surface area contributed by atoms with E-state index in [1.54, 1.807) is 25.1 Å². The quantitative estimate of drug-likeness (QED) is 0.523.